The standard InChI is InChI=1S/C11H16F2O2/c1-9(14)8-15-10-4-2-3-6-11(12,13)7-5-10/h3,6,10H,2,4-5,7-8H2,1H3/b6-3-. The van der Waals surface area contributed by atoms with E-state index in [-0.39, 0.29) is 24.9 Å². The fourth-order valence-corrected chi connectivity index (χ4v) is 1.52. The van der Waals surface area contributed by atoms with Crippen LogP contribution >= 0.6 is 0 Å². The SMILES string of the molecule is CC(=O)COC1CC/C=C\C(F)(F)CC1. The van der Waals surface area contributed by atoms with Crippen LogP contribution in [0, 0.1) is 0 Å². The number of hydrogen-bond donors (Lipinski definition) is 0. The van der Waals surface area contributed by atoms with E-state index in [1.54, 1.807) is 0 Å². The highest BCUT2D eigenvalue weighted by molar-refractivity contribution is 5.76. The van der Waals surface area contributed by atoms with Gasteiger partial charge in [0.2, 0.25) is 0 Å². The molecule has 0 aromatic carbocycles. The lowest BCUT2D eigenvalue weighted by Gasteiger charge is -2.21. The van der Waals surface area contributed by atoms with E-state index in [9.17, 15) is 13.6 Å². The predicted molar refractivity (Wildman–Crippen MR) is 53.0 cm³/mol. The number of allylic oxidation sites excluding steroid dienone is 2. The number of carbonyl (C=O) groups is 1. The van der Waals surface area contributed by atoms with Crippen molar-refractivity contribution in [3.05, 3.63) is 12.2 Å². The first-order valence-electron chi connectivity index (χ1n) is 5.16. The Morgan fingerprint density at radius 1 is 1.53 bits per heavy atom. The van der Waals surface area contributed by atoms with Crippen LogP contribution < -0.4 is 0 Å². The zero-order valence-corrected chi connectivity index (χ0v) is 8.84. The Morgan fingerprint density at radius 2 is 2.27 bits per heavy atom. The number of carbonyl (C=O) groups excluding carboxylic acids is 1. The first-order valence-corrected chi connectivity index (χ1v) is 5.16. The minimum absolute atomic E-state index is 0.0277. The van der Waals surface area contributed by atoms with Crippen molar-refractivity contribution in [3.63, 3.8) is 0 Å². The number of hydrogen-bond acceptors (Lipinski definition) is 2. The summed E-state index contributed by atoms with van der Waals surface area (Å²) in [4.78, 5) is 10.7. The van der Waals surface area contributed by atoms with Gasteiger partial charge in [-0.25, -0.2) is 8.78 Å². The van der Waals surface area contributed by atoms with Gasteiger partial charge in [0.1, 0.15) is 6.61 Å². The number of ketones is 1. The molecule has 0 radical (unpaired) electrons. The van der Waals surface area contributed by atoms with Crippen LogP contribution in [0.3, 0.4) is 0 Å². The molecule has 1 atom stereocenters. The van der Waals surface area contributed by atoms with Crippen molar-refractivity contribution >= 4 is 5.78 Å². The Bertz CT molecular complexity index is 249. The smallest absolute Gasteiger partial charge is 0.266 e. The minimum atomic E-state index is -2.72. The Kier molecular flexibility index (Phi) is 4.39. The average molecular weight is 218 g/mol. The quantitative estimate of drug-likeness (QED) is 0.681. The first-order chi connectivity index (χ1) is 6.99. The molecule has 15 heavy (non-hydrogen) atoms. The van der Waals surface area contributed by atoms with E-state index in [1.807, 2.05) is 0 Å². The molecular weight excluding hydrogens is 202 g/mol. The highest BCUT2D eigenvalue weighted by atomic mass is 19.3. The summed E-state index contributed by atoms with van der Waals surface area (Å²) in [5.74, 6) is -2.79. The Morgan fingerprint density at radius 3 is 2.93 bits per heavy atom. The lowest BCUT2D eigenvalue weighted by molar-refractivity contribution is -0.124. The van der Waals surface area contributed by atoms with Crippen molar-refractivity contribution in [1.82, 2.24) is 0 Å². The second-order valence-electron chi connectivity index (χ2n) is 3.91. The lowest BCUT2D eigenvalue weighted by atomic mass is 10.0. The second kappa shape index (κ2) is 5.35. The number of ether oxygens (including phenoxy) is 1. The summed E-state index contributed by atoms with van der Waals surface area (Å²) in [6.07, 6.45) is 3.64. The zero-order valence-electron chi connectivity index (χ0n) is 8.84. The third-order valence-corrected chi connectivity index (χ3v) is 2.34. The zero-order chi connectivity index (χ0) is 11.3. The van der Waals surface area contributed by atoms with Gasteiger partial charge in [0.25, 0.3) is 5.92 Å². The van der Waals surface area contributed by atoms with Crippen molar-refractivity contribution < 1.29 is 18.3 Å². The number of alkyl halides is 2. The van der Waals surface area contributed by atoms with Gasteiger partial charge in [-0.1, -0.05) is 6.08 Å². The molecule has 0 heterocycles. The van der Waals surface area contributed by atoms with Crippen molar-refractivity contribution in [2.24, 2.45) is 0 Å². The molecule has 0 spiro atoms. The number of halogens is 2. The molecule has 1 rings (SSSR count). The molecule has 0 saturated carbocycles. The average Bonchev–Trinajstić information content (AvgIpc) is 2.12. The van der Waals surface area contributed by atoms with Gasteiger partial charge in [-0.3, -0.25) is 4.79 Å². The summed E-state index contributed by atoms with van der Waals surface area (Å²) < 4.78 is 31.3. The molecule has 1 aliphatic carbocycles. The van der Waals surface area contributed by atoms with Crippen LogP contribution in [0.25, 0.3) is 0 Å². The molecule has 0 aromatic rings. The maximum Gasteiger partial charge on any atom is 0.266 e. The Hall–Kier alpha value is -0.770. The molecule has 0 aliphatic heterocycles. The van der Waals surface area contributed by atoms with Crippen LogP contribution in [-0.2, 0) is 9.53 Å². The normalized spacial score (nSPS) is 27.8. The molecule has 4 heteroatoms. The molecule has 86 valence electrons. The second-order valence-corrected chi connectivity index (χ2v) is 3.91. The van der Waals surface area contributed by atoms with E-state index < -0.39 is 5.92 Å². The fraction of sp³-hybridized carbons (Fsp3) is 0.727. The molecule has 0 amide bonds. The van der Waals surface area contributed by atoms with Crippen LogP contribution in [-0.4, -0.2) is 24.4 Å². The lowest BCUT2D eigenvalue weighted by Crippen LogP contribution is -2.23. The molecule has 0 N–H and O–H groups in total. The molecule has 2 nitrogen and oxygen atoms in total. The highest BCUT2D eigenvalue weighted by Gasteiger charge is 2.27. The predicted octanol–water partition coefficient (Wildman–Crippen LogP) is 2.73. The molecule has 1 unspecified atom stereocenters. The van der Waals surface area contributed by atoms with Gasteiger partial charge in [0.05, 0.1) is 6.10 Å². The van der Waals surface area contributed by atoms with E-state index in [2.05, 4.69) is 0 Å². The summed E-state index contributed by atoms with van der Waals surface area (Å²) >= 11 is 0. The maximum absolute atomic E-state index is 13.0. The Labute approximate surface area is 88.3 Å². The monoisotopic (exact) mass is 218 g/mol. The summed E-state index contributed by atoms with van der Waals surface area (Å²) in [5, 5.41) is 0. The van der Waals surface area contributed by atoms with Crippen LogP contribution in [0.4, 0.5) is 8.78 Å². The molecule has 0 bridgehead atoms. The largest absolute Gasteiger partial charge is 0.370 e. The summed E-state index contributed by atoms with van der Waals surface area (Å²) in [7, 11) is 0. The Balaban J connectivity index is 2.42. The van der Waals surface area contributed by atoms with Gasteiger partial charge in [-0.2, -0.15) is 0 Å². The van der Waals surface area contributed by atoms with Crippen molar-refractivity contribution in [3.8, 4) is 0 Å². The maximum atomic E-state index is 13.0. The fourth-order valence-electron chi connectivity index (χ4n) is 1.52. The first kappa shape index (κ1) is 12.3. The van der Waals surface area contributed by atoms with Crippen LogP contribution in [0.2, 0.25) is 0 Å². The third kappa shape index (κ3) is 5.02. The van der Waals surface area contributed by atoms with E-state index >= 15 is 0 Å². The molecule has 0 aromatic heterocycles. The highest BCUT2D eigenvalue weighted by Crippen LogP contribution is 2.27. The van der Waals surface area contributed by atoms with Gasteiger partial charge in [-0.15, -0.1) is 0 Å². The molecule has 0 saturated heterocycles. The van der Waals surface area contributed by atoms with E-state index in [0.29, 0.717) is 19.3 Å². The number of rotatable bonds is 3. The van der Waals surface area contributed by atoms with Crippen LogP contribution in [0.5, 0.6) is 0 Å². The van der Waals surface area contributed by atoms with Gasteiger partial charge in [0, 0.05) is 6.42 Å². The van der Waals surface area contributed by atoms with Crippen molar-refractivity contribution in [1.29, 1.82) is 0 Å². The van der Waals surface area contributed by atoms with Gasteiger partial charge >= 0.3 is 0 Å². The van der Waals surface area contributed by atoms with Crippen molar-refractivity contribution in [2.75, 3.05) is 6.61 Å². The third-order valence-electron chi connectivity index (χ3n) is 2.34. The molecule has 0 fully saturated rings. The van der Waals surface area contributed by atoms with E-state index in [1.165, 1.54) is 13.0 Å². The topological polar surface area (TPSA) is 26.3 Å². The summed E-state index contributed by atoms with van der Waals surface area (Å²) in [6, 6.07) is 0. The van der Waals surface area contributed by atoms with Gasteiger partial charge in [-0.05, 0) is 32.3 Å². The molecular formula is C11H16F2O2. The van der Waals surface area contributed by atoms with E-state index in [0.717, 1.165) is 6.08 Å². The minimum Gasteiger partial charge on any atom is -0.370 e. The summed E-state index contributed by atoms with van der Waals surface area (Å²) in [5.41, 5.74) is 0. The van der Waals surface area contributed by atoms with Crippen LogP contribution in [0.1, 0.15) is 32.6 Å². The van der Waals surface area contributed by atoms with Gasteiger partial charge < -0.3 is 4.74 Å². The number of Topliss-reactive ketones (excluding diaryl/α,β-unsaturated/α-hetero) is 1. The van der Waals surface area contributed by atoms with Gasteiger partial charge in [0.15, 0.2) is 5.78 Å². The van der Waals surface area contributed by atoms with Crippen LogP contribution in [0.15, 0.2) is 12.2 Å². The molecule has 1 aliphatic rings. The van der Waals surface area contributed by atoms with E-state index in [4.69, 9.17) is 4.74 Å². The van der Waals surface area contributed by atoms with Crippen molar-refractivity contribution in [2.45, 2.75) is 44.6 Å². The summed E-state index contributed by atoms with van der Waals surface area (Å²) in [6.45, 7) is 1.46.